The zero-order valence-corrected chi connectivity index (χ0v) is 26.5. The number of carbonyl (C=O) groups excluding carboxylic acids is 4. The first kappa shape index (κ1) is 31.4. The summed E-state index contributed by atoms with van der Waals surface area (Å²) >= 11 is 0. The Hall–Kier alpha value is -5.83. The number of fused-ring (bicyclic) bond motifs is 4. The van der Waals surface area contributed by atoms with E-state index < -0.39 is 36.5 Å². The minimum atomic E-state index is -4.38. The number of nitrogens with zero attached hydrogens (tertiary/aromatic N) is 7. The van der Waals surface area contributed by atoms with Gasteiger partial charge >= 0.3 is 12.2 Å². The van der Waals surface area contributed by atoms with Gasteiger partial charge in [-0.05, 0) is 47.5 Å². The summed E-state index contributed by atoms with van der Waals surface area (Å²) in [7, 11) is 0. The molecule has 50 heavy (non-hydrogen) atoms. The van der Waals surface area contributed by atoms with Gasteiger partial charge in [-0.1, -0.05) is 18.2 Å². The van der Waals surface area contributed by atoms with Crippen LogP contribution in [0.5, 0.6) is 0 Å². The molecule has 15 heteroatoms. The number of anilines is 1. The highest BCUT2D eigenvalue weighted by atomic mass is 19.4. The number of benzene rings is 2. The Morgan fingerprint density at radius 2 is 1.54 bits per heavy atom. The van der Waals surface area contributed by atoms with Crippen LogP contribution in [0.1, 0.15) is 32.7 Å². The van der Waals surface area contributed by atoms with Crippen LogP contribution in [-0.2, 0) is 17.9 Å². The minimum Gasteiger partial charge on any atom is -0.354 e. The molecule has 0 radical (unpaired) electrons. The predicted octanol–water partition coefficient (Wildman–Crippen LogP) is 4.59. The van der Waals surface area contributed by atoms with Crippen molar-refractivity contribution in [1.82, 2.24) is 34.8 Å². The summed E-state index contributed by atoms with van der Waals surface area (Å²) in [5, 5.41) is 5.28. The van der Waals surface area contributed by atoms with Crippen molar-refractivity contribution in [2.24, 2.45) is 0 Å². The van der Waals surface area contributed by atoms with Crippen LogP contribution in [0.2, 0.25) is 0 Å². The molecule has 0 atom stereocenters. The van der Waals surface area contributed by atoms with E-state index in [1.807, 2.05) is 24.3 Å². The highest BCUT2D eigenvalue weighted by Crippen LogP contribution is 2.34. The molecule has 0 saturated carbocycles. The SMILES string of the molecule is O=C1CCN(N2C(=O)c3ccc(CN4CCN(c5ccc(-c6ccc7c8cnccc8n(CC(F)(F)F)c7c6)cn5)CC4)cc3C2=O)C(=O)N1. The Morgan fingerprint density at radius 1 is 0.760 bits per heavy atom. The number of carbonyl (C=O) groups is 4. The van der Waals surface area contributed by atoms with Crippen LogP contribution in [0, 0.1) is 0 Å². The zero-order chi connectivity index (χ0) is 34.7. The molecule has 3 aliphatic rings. The lowest BCUT2D eigenvalue weighted by Crippen LogP contribution is -2.58. The van der Waals surface area contributed by atoms with Gasteiger partial charge in [0, 0.05) is 74.1 Å². The number of halogens is 3. The average molecular weight is 683 g/mol. The zero-order valence-electron chi connectivity index (χ0n) is 26.5. The number of amides is 5. The van der Waals surface area contributed by atoms with Gasteiger partial charge in [0.15, 0.2) is 0 Å². The van der Waals surface area contributed by atoms with E-state index in [0.29, 0.717) is 41.4 Å². The van der Waals surface area contributed by atoms with Crippen LogP contribution in [0.4, 0.5) is 23.8 Å². The second-order valence-corrected chi connectivity index (χ2v) is 12.5. The molecule has 3 aliphatic heterocycles. The van der Waals surface area contributed by atoms with E-state index in [-0.39, 0.29) is 24.1 Å². The fraction of sp³-hybridized carbons (Fsp3) is 0.257. The van der Waals surface area contributed by atoms with Crippen molar-refractivity contribution in [3.63, 3.8) is 0 Å². The molecule has 3 aromatic heterocycles. The summed E-state index contributed by atoms with van der Waals surface area (Å²) in [5.41, 5.74) is 3.78. The van der Waals surface area contributed by atoms with Gasteiger partial charge < -0.3 is 9.47 Å². The molecule has 5 amide bonds. The molecule has 6 heterocycles. The lowest BCUT2D eigenvalue weighted by Gasteiger charge is -2.35. The maximum Gasteiger partial charge on any atom is 0.406 e. The van der Waals surface area contributed by atoms with Gasteiger partial charge in [0.1, 0.15) is 12.4 Å². The molecule has 0 bridgehead atoms. The number of hydrogen-bond donors (Lipinski definition) is 1. The molecule has 12 nitrogen and oxygen atoms in total. The lowest BCUT2D eigenvalue weighted by molar-refractivity contribution is -0.139. The van der Waals surface area contributed by atoms with E-state index in [0.717, 1.165) is 45.6 Å². The summed E-state index contributed by atoms with van der Waals surface area (Å²) < 4.78 is 41.8. The first-order valence-corrected chi connectivity index (χ1v) is 16.0. The Labute approximate surface area is 282 Å². The first-order valence-electron chi connectivity index (χ1n) is 16.0. The maximum atomic E-state index is 13.5. The molecule has 2 aromatic carbocycles. The quantitative estimate of drug-likeness (QED) is 0.258. The number of aromatic nitrogens is 3. The molecule has 2 saturated heterocycles. The third-order valence-corrected chi connectivity index (χ3v) is 9.39. The van der Waals surface area contributed by atoms with Gasteiger partial charge in [0.05, 0.1) is 28.7 Å². The molecule has 0 spiro atoms. The van der Waals surface area contributed by atoms with Crippen molar-refractivity contribution in [3.8, 4) is 11.1 Å². The van der Waals surface area contributed by atoms with Gasteiger partial charge in [-0.25, -0.2) is 14.8 Å². The van der Waals surface area contributed by atoms with E-state index in [4.69, 9.17) is 0 Å². The third kappa shape index (κ3) is 5.58. The van der Waals surface area contributed by atoms with Crippen molar-refractivity contribution < 1.29 is 32.3 Å². The first-order chi connectivity index (χ1) is 24.0. The Morgan fingerprint density at radius 3 is 2.28 bits per heavy atom. The Kier molecular flexibility index (Phi) is 7.51. The van der Waals surface area contributed by atoms with Crippen LogP contribution >= 0.6 is 0 Å². The summed E-state index contributed by atoms with van der Waals surface area (Å²) in [5.74, 6) is -0.871. The molecular weight excluding hydrogens is 653 g/mol. The van der Waals surface area contributed by atoms with Crippen molar-refractivity contribution >= 4 is 51.4 Å². The van der Waals surface area contributed by atoms with Crippen molar-refractivity contribution in [2.45, 2.75) is 25.7 Å². The number of pyridine rings is 2. The lowest BCUT2D eigenvalue weighted by atomic mass is 10.0. The van der Waals surface area contributed by atoms with Crippen LogP contribution < -0.4 is 10.2 Å². The van der Waals surface area contributed by atoms with E-state index in [1.165, 1.54) is 10.8 Å². The molecule has 2 fully saturated rings. The number of imide groups is 2. The minimum absolute atomic E-state index is 0.00816. The van der Waals surface area contributed by atoms with Crippen molar-refractivity contribution in [2.75, 3.05) is 37.6 Å². The van der Waals surface area contributed by atoms with E-state index >= 15 is 0 Å². The highest BCUT2D eigenvalue weighted by molar-refractivity contribution is 6.22. The summed E-state index contributed by atoms with van der Waals surface area (Å²) in [6, 6.07) is 15.2. The molecule has 254 valence electrons. The second kappa shape index (κ2) is 11.9. The second-order valence-electron chi connectivity index (χ2n) is 12.5. The summed E-state index contributed by atoms with van der Waals surface area (Å²) in [6.45, 7) is 2.22. The van der Waals surface area contributed by atoms with E-state index in [9.17, 15) is 32.3 Å². The average Bonchev–Trinajstić information content (AvgIpc) is 3.54. The van der Waals surface area contributed by atoms with Crippen LogP contribution in [-0.4, -0.2) is 92.1 Å². The molecule has 0 aliphatic carbocycles. The number of hydrogen-bond acceptors (Lipinski definition) is 8. The van der Waals surface area contributed by atoms with E-state index in [2.05, 4.69) is 25.1 Å². The smallest absolute Gasteiger partial charge is 0.354 e. The fourth-order valence-corrected chi connectivity index (χ4v) is 6.95. The Bertz CT molecular complexity index is 2210. The predicted molar refractivity (Wildman–Crippen MR) is 176 cm³/mol. The monoisotopic (exact) mass is 682 g/mol. The standard InChI is InChI=1S/C35H29F3N8O4/c36-35(37,38)20-44-28-7-9-39-18-27(28)24-5-2-22(16-29(24)44)23-3-6-30(40-17-23)43-13-11-42(12-14-43)19-21-1-4-25-26(15-21)33(49)46(32(25)48)45-10-8-31(47)41-34(45)50/h1-7,9,15-18H,8,10-14,19-20H2,(H,41,47,50). The normalized spacial score (nSPS) is 17.3. The summed E-state index contributed by atoms with van der Waals surface area (Å²) in [6.07, 6.45) is 0.428. The molecular formula is C35H29F3N8O4. The molecule has 8 rings (SSSR count). The fourth-order valence-electron chi connectivity index (χ4n) is 6.95. The number of alkyl halides is 3. The van der Waals surface area contributed by atoms with Gasteiger partial charge in [-0.3, -0.25) is 29.6 Å². The molecule has 1 N–H and O–H groups in total. The number of piperazine rings is 1. The van der Waals surface area contributed by atoms with Gasteiger partial charge in [0.25, 0.3) is 11.8 Å². The summed E-state index contributed by atoms with van der Waals surface area (Å²) in [4.78, 5) is 63.2. The van der Waals surface area contributed by atoms with Crippen molar-refractivity contribution in [3.05, 3.63) is 89.9 Å². The number of urea groups is 1. The van der Waals surface area contributed by atoms with Crippen molar-refractivity contribution in [1.29, 1.82) is 0 Å². The van der Waals surface area contributed by atoms with E-state index in [1.54, 1.807) is 42.7 Å². The van der Waals surface area contributed by atoms with Crippen LogP contribution in [0.15, 0.2) is 73.2 Å². The van der Waals surface area contributed by atoms with Gasteiger partial charge in [-0.15, -0.1) is 0 Å². The largest absolute Gasteiger partial charge is 0.406 e. The topological polar surface area (TPSA) is 124 Å². The van der Waals surface area contributed by atoms with Crippen LogP contribution in [0.25, 0.3) is 32.9 Å². The Balaban J connectivity index is 0.928. The molecule has 0 unspecified atom stereocenters. The number of hydrazine groups is 1. The van der Waals surface area contributed by atoms with Gasteiger partial charge in [0.2, 0.25) is 5.91 Å². The molecule has 5 aromatic rings. The number of rotatable bonds is 6. The highest BCUT2D eigenvalue weighted by Gasteiger charge is 2.43. The van der Waals surface area contributed by atoms with Gasteiger partial charge in [-0.2, -0.15) is 18.2 Å². The maximum absolute atomic E-state index is 13.5. The van der Waals surface area contributed by atoms with Crippen LogP contribution in [0.3, 0.4) is 0 Å². The number of nitrogens with one attached hydrogen (secondary N) is 1. The third-order valence-electron chi connectivity index (χ3n) is 9.39.